The molecule has 0 atom stereocenters. The fraction of sp³-hybridized carbons (Fsp3) is 0.235. The molecule has 0 saturated heterocycles. The molecule has 1 aromatic carbocycles. The van der Waals surface area contributed by atoms with Gasteiger partial charge in [0.2, 0.25) is 0 Å². The van der Waals surface area contributed by atoms with E-state index in [1.54, 1.807) is 25.1 Å². The number of fused-ring (bicyclic) bond motifs is 1. The first-order valence-electron chi connectivity index (χ1n) is 7.31. The van der Waals surface area contributed by atoms with E-state index < -0.39 is 0 Å². The van der Waals surface area contributed by atoms with Crippen molar-refractivity contribution in [2.45, 2.75) is 20.3 Å². The maximum Gasteiger partial charge on any atom is 0.338 e. The van der Waals surface area contributed by atoms with Gasteiger partial charge in [0.05, 0.1) is 17.6 Å². The number of H-pyrrole nitrogens is 1. The predicted octanol–water partition coefficient (Wildman–Crippen LogP) is 3.06. The molecular weight excluding hydrogens is 312 g/mol. The average Bonchev–Trinajstić information content (AvgIpc) is 2.89. The number of aromatic nitrogens is 2. The van der Waals surface area contributed by atoms with Gasteiger partial charge < -0.3 is 9.72 Å². The molecule has 0 unspecified atom stereocenters. The highest BCUT2D eigenvalue weighted by atomic mass is 32.1. The Morgan fingerprint density at radius 3 is 3.00 bits per heavy atom. The summed E-state index contributed by atoms with van der Waals surface area (Å²) >= 11 is 1.46. The second kappa shape index (κ2) is 6.34. The van der Waals surface area contributed by atoms with Gasteiger partial charge in [-0.1, -0.05) is 12.1 Å². The standard InChI is InChI=1S/C17H16N2O3S/c1-3-22-17(21)12-6-4-5-11(7-12)8-13-18-15(20)14-10(2)9-23-16(14)19-13/h4-7,9H,3,8H2,1-2H3,(H,18,19,20). The van der Waals surface area contributed by atoms with Crippen molar-refractivity contribution >= 4 is 27.5 Å². The van der Waals surface area contributed by atoms with Crippen LogP contribution in [0.15, 0.2) is 34.4 Å². The molecule has 3 rings (SSSR count). The van der Waals surface area contributed by atoms with Crippen LogP contribution in [-0.2, 0) is 11.2 Å². The quantitative estimate of drug-likeness (QED) is 0.747. The molecule has 0 aliphatic carbocycles. The van der Waals surface area contributed by atoms with Gasteiger partial charge in [0, 0.05) is 6.42 Å². The van der Waals surface area contributed by atoms with Crippen molar-refractivity contribution < 1.29 is 9.53 Å². The van der Waals surface area contributed by atoms with E-state index in [1.165, 1.54) is 11.3 Å². The molecule has 0 amide bonds. The molecule has 3 aromatic rings. The Bertz CT molecular complexity index is 927. The van der Waals surface area contributed by atoms with Crippen molar-refractivity contribution in [1.82, 2.24) is 9.97 Å². The van der Waals surface area contributed by atoms with Crippen LogP contribution < -0.4 is 5.56 Å². The Morgan fingerprint density at radius 2 is 2.22 bits per heavy atom. The maximum absolute atomic E-state index is 12.2. The van der Waals surface area contributed by atoms with Crippen molar-refractivity contribution in [3.63, 3.8) is 0 Å². The third kappa shape index (κ3) is 3.17. The summed E-state index contributed by atoms with van der Waals surface area (Å²) in [6.45, 7) is 4.01. The van der Waals surface area contributed by atoms with Crippen LogP contribution in [0.3, 0.4) is 0 Å². The van der Waals surface area contributed by atoms with E-state index >= 15 is 0 Å². The van der Waals surface area contributed by atoms with Gasteiger partial charge in [-0.15, -0.1) is 11.3 Å². The number of carbonyl (C=O) groups is 1. The van der Waals surface area contributed by atoms with Gasteiger partial charge in [0.15, 0.2) is 0 Å². The number of rotatable bonds is 4. The van der Waals surface area contributed by atoms with Crippen LogP contribution in [0.2, 0.25) is 0 Å². The van der Waals surface area contributed by atoms with Crippen LogP contribution in [-0.4, -0.2) is 22.5 Å². The molecule has 0 bridgehead atoms. The molecule has 0 fully saturated rings. The topological polar surface area (TPSA) is 72.0 Å². The van der Waals surface area contributed by atoms with Gasteiger partial charge in [-0.2, -0.15) is 0 Å². The Kier molecular flexibility index (Phi) is 4.25. The normalized spacial score (nSPS) is 10.9. The van der Waals surface area contributed by atoms with Gasteiger partial charge in [-0.3, -0.25) is 4.79 Å². The summed E-state index contributed by atoms with van der Waals surface area (Å²) in [6, 6.07) is 7.17. The predicted molar refractivity (Wildman–Crippen MR) is 90.2 cm³/mol. The van der Waals surface area contributed by atoms with E-state index in [-0.39, 0.29) is 11.5 Å². The Hall–Kier alpha value is -2.47. The average molecular weight is 328 g/mol. The molecular formula is C17H16N2O3S. The Labute approximate surface area is 137 Å². The largest absolute Gasteiger partial charge is 0.462 e. The summed E-state index contributed by atoms with van der Waals surface area (Å²) in [6.07, 6.45) is 0.454. The first-order valence-corrected chi connectivity index (χ1v) is 8.19. The molecule has 5 nitrogen and oxygen atoms in total. The summed E-state index contributed by atoms with van der Waals surface area (Å²) in [4.78, 5) is 32.0. The monoisotopic (exact) mass is 328 g/mol. The second-order valence-electron chi connectivity index (χ2n) is 5.21. The van der Waals surface area contributed by atoms with Gasteiger partial charge in [0.1, 0.15) is 10.7 Å². The van der Waals surface area contributed by atoms with Crippen LogP contribution >= 0.6 is 11.3 Å². The van der Waals surface area contributed by atoms with E-state index in [0.29, 0.717) is 29.8 Å². The first-order chi connectivity index (χ1) is 11.1. The molecule has 2 heterocycles. The van der Waals surface area contributed by atoms with E-state index in [2.05, 4.69) is 9.97 Å². The maximum atomic E-state index is 12.2. The third-order valence-corrected chi connectivity index (χ3v) is 4.48. The minimum atomic E-state index is -0.347. The summed E-state index contributed by atoms with van der Waals surface area (Å²) in [7, 11) is 0. The highest BCUT2D eigenvalue weighted by Gasteiger charge is 2.11. The summed E-state index contributed by atoms with van der Waals surface area (Å²) in [5, 5.41) is 2.58. The van der Waals surface area contributed by atoms with E-state index in [9.17, 15) is 9.59 Å². The molecule has 0 spiro atoms. The zero-order chi connectivity index (χ0) is 16.4. The Morgan fingerprint density at radius 1 is 1.39 bits per heavy atom. The zero-order valence-electron chi connectivity index (χ0n) is 12.9. The van der Waals surface area contributed by atoms with Crippen LogP contribution in [0.5, 0.6) is 0 Å². The summed E-state index contributed by atoms with van der Waals surface area (Å²) < 4.78 is 5.00. The van der Waals surface area contributed by atoms with Gasteiger partial charge >= 0.3 is 5.97 Å². The van der Waals surface area contributed by atoms with Crippen molar-refractivity contribution in [2.75, 3.05) is 6.61 Å². The smallest absolute Gasteiger partial charge is 0.338 e. The molecule has 23 heavy (non-hydrogen) atoms. The van der Waals surface area contributed by atoms with Crippen LogP contribution in [0.25, 0.3) is 10.2 Å². The first kappa shape index (κ1) is 15.4. The number of hydrogen-bond acceptors (Lipinski definition) is 5. The lowest BCUT2D eigenvalue weighted by Gasteiger charge is -2.05. The molecule has 0 aliphatic heterocycles. The lowest BCUT2D eigenvalue weighted by molar-refractivity contribution is 0.0526. The second-order valence-corrected chi connectivity index (χ2v) is 6.07. The SMILES string of the molecule is CCOC(=O)c1cccc(Cc2nc3scc(C)c3c(=O)[nH]2)c1. The number of nitrogens with one attached hydrogen (secondary N) is 1. The molecule has 0 saturated carbocycles. The van der Waals surface area contributed by atoms with Crippen LogP contribution in [0.1, 0.15) is 34.2 Å². The van der Waals surface area contributed by atoms with Crippen LogP contribution in [0.4, 0.5) is 0 Å². The summed E-state index contributed by atoms with van der Waals surface area (Å²) in [5.41, 5.74) is 2.21. The molecule has 0 aliphatic rings. The van der Waals surface area contributed by atoms with Crippen LogP contribution in [0, 0.1) is 6.92 Å². The fourth-order valence-electron chi connectivity index (χ4n) is 2.43. The molecule has 6 heteroatoms. The van der Waals surface area contributed by atoms with E-state index in [0.717, 1.165) is 16.0 Å². The number of hydrogen-bond donors (Lipinski definition) is 1. The number of aromatic amines is 1. The molecule has 2 aromatic heterocycles. The molecule has 118 valence electrons. The highest BCUT2D eigenvalue weighted by Crippen LogP contribution is 2.20. The molecule has 1 N–H and O–H groups in total. The number of nitrogens with zero attached hydrogens (tertiary/aromatic N) is 1. The highest BCUT2D eigenvalue weighted by molar-refractivity contribution is 7.16. The van der Waals surface area contributed by atoms with Crippen molar-refractivity contribution in [1.29, 1.82) is 0 Å². The zero-order valence-corrected chi connectivity index (χ0v) is 13.7. The van der Waals surface area contributed by atoms with E-state index in [4.69, 9.17) is 4.74 Å². The fourth-order valence-corrected chi connectivity index (χ4v) is 3.37. The van der Waals surface area contributed by atoms with Crippen molar-refractivity contribution in [2.24, 2.45) is 0 Å². The van der Waals surface area contributed by atoms with E-state index in [1.807, 2.05) is 18.4 Å². The minimum Gasteiger partial charge on any atom is -0.462 e. The number of thiophene rings is 1. The van der Waals surface area contributed by atoms with Crippen molar-refractivity contribution in [3.05, 3.63) is 62.5 Å². The third-order valence-electron chi connectivity index (χ3n) is 3.49. The molecule has 0 radical (unpaired) electrons. The minimum absolute atomic E-state index is 0.120. The van der Waals surface area contributed by atoms with Gasteiger partial charge in [0.25, 0.3) is 5.56 Å². The Balaban J connectivity index is 1.92. The number of aryl methyl sites for hydroxylation is 1. The number of benzene rings is 1. The number of carbonyl (C=O) groups excluding carboxylic acids is 1. The lowest BCUT2D eigenvalue weighted by atomic mass is 10.1. The van der Waals surface area contributed by atoms with Gasteiger partial charge in [-0.25, -0.2) is 9.78 Å². The van der Waals surface area contributed by atoms with Gasteiger partial charge in [-0.05, 0) is 42.5 Å². The lowest BCUT2D eigenvalue weighted by Crippen LogP contribution is -2.12. The number of esters is 1. The summed E-state index contributed by atoms with van der Waals surface area (Å²) in [5.74, 6) is 0.241. The van der Waals surface area contributed by atoms with Crippen molar-refractivity contribution in [3.8, 4) is 0 Å². The number of ether oxygens (including phenoxy) is 1.